The summed E-state index contributed by atoms with van der Waals surface area (Å²) in [5.41, 5.74) is 2.40. The zero-order valence-electron chi connectivity index (χ0n) is 23.7. The molecule has 8 nitrogen and oxygen atoms in total. The van der Waals surface area contributed by atoms with Crippen LogP contribution in [-0.4, -0.2) is 60.2 Å². The van der Waals surface area contributed by atoms with Crippen LogP contribution in [0.1, 0.15) is 44.9 Å². The van der Waals surface area contributed by atoms with E-state index in [2.05, 4.69) is 25.5 Å². The Kier molecular flexibility index (Phi) is 8.88. The number of nitrogens with one attached hydrogen (secondary N) is 2. The van der Waals surface area contributed by atoms with Crippen molar-refractivity contribution in [2.75, 3.05) is 50.1 Å². The summed E-state index contributed by atoms with van der Waals surface area (Å²) in [6.45, 7) is 4.79. The maximum atomic E-state index is 13.7. The Morgan fingerprint density at radius 3 is 2.79 bits per heavy atom. The van der Waals surface area contributed by atoms with Crippen LogP contribution in [0.5, 0.6) is 5.75 Å². The molecule has 2 saturated carbocycles. The molecule has 2 heterocycles. The van der Waals surface area contributed by atoms with Crippen LogP contribution in [0.25, 0.3) is 10.9 Å². The van der Waals surface area contributed by atoms with Gasteiger partial charge in [-0.05, 0) is 80.2 Å². The van der Waals surface area contributed by atoms with Crippen LogP contribution in [0.15, 0.2) is 48.8 Å². The zero-order chi connectivity index (χ0) is 28.9. The largest absolute Gasteiger partial charge is 0.491 e. The van der Waals surface area contributed by atoms with E-state index >= 15 is 0 Å². The Hall–Kier alpha value is -3.27. The Labute approximate surface area is 250 Å². The second-order valence-corrected chi connectivity index (χ2v) is 12.2. The summed E-state index contributed by atoms with van der Waals surface area (Å²) >= 11 is 5.98. The Morgan fingerprint density at radius 1 is 1.19 bits per heavy atom. The summed E-state index contributed by atoms with van der Waals surface area (Å²) < 4.78 is 25.3. The van der Waals surface area contributed by atoms with Crippen molar-refractivity contribution in [2.45, 2.75) is 44.9 Å². The van der Waals surface area contributed by atoms with Gasteiger partial charge in [-0.15, -0.1) is 0 Å². The molecule has 0 radical (unpaired) electrons. The number of benzene rings is 2. The van der Waals surface area contributed by atoms with E-state index in [9.17, 15) is 9.18 Å². The summed E-state index contributed by atoms with van der Waals surface area (Å²) in [5, 5.41) is 6.90. The number of ether oxygens (including phenoxy) is 2. The number of fused-ring (bicyclic) bond motifs is 1. The highest BCUT2D eigenvalue weighted by Crippen LogP contribution is 2.59. The number of morpholine rings is 1. The number of carbonyl (C=O) groups is 1. The Morgan fingerprint density at radius 2 is 2.02 bits per heavy atom. The highest BCUT2D eigenvalue weighted by atomic mass is 35.5. The molecule has 0 bridgehead atoms. The van der Waals surface area contributed by atoms with Gasteiger partial charge >= 0.3 is 0 Å². The van der Waals surface area contributed by atoms with Gasteiger partial charge in [0, 0.05) is 36.8 Å². The molecular formula is C32H37ClFN5O3. The lowest BCUT2D eigenvalue weighted by Crippen LogP contribution is -2.42. The lowest BCUT2D eigenvalue weighted by molar-refractivity contribution is -0.111. The number of carbonyl (C=O) groups excluding carboxylic acids is 1. The third kappa shape index (κ3) is 6.85. The fraction of sp³-hybridized carbons (Fsp3) is 0.469. The van der Waals surface area contributed by atoms with Gasteiger partial charge in [-0.2, -0.15) is 0 Å². The van der Waals surface area contributed by atoms with Gasteiger partial charge in [0.15, 0.2) is 0 Å². The number of rotatable bonds is 11. The average Bonchev–Trinajstić information content (AvgIpc) is 2.94. The van der Waals surface area contributed by atoms with Gasteiger partial charge in [0.2, 0.25) is 5.91 Å². The quantitative estimate of drug-likeness (QED) is 0.188. The number of hydrogen-bond donors (Lipinski definition) is 2. The minimum absolute atomic E-state index is 0.00984. The SMILES string of the molecule is O=C(/C=C/CC1CC2(CCC2)C1)Nc1cc2c(Nc3ccc(F)c(Cl)c3)ncnc2cc1OCCCN1CCOCC1. The van der Waals surface area contributed by atoms with Crippen LogP contribution >= 0.6 is 11.6 Å². The van der Waals surface area contributed by atoms with Gasteiger partial charge in [-0.3, -0.25) is 9.69 Å². The van der Waals surface area contributed by atoms with E-state index in [-0.39, 0.29) is 10.9 Å². The van der Waals surface area contributed by atoms with Crippen LogP contribution in [-0.2, 0) is 9.53 Å². The highest BCUT2D eigenvalue weighted by Gasteiger charge is 2.47. The molecule has 1 amide bonds. The first kappa shape index (κ1) is 28.8. The number of amides is 1. The molecule has 2 aromatic carbocycles. The number of aromatic nitrogens is 2. The number of allylic oxidation sites excluding steroid dienone is 1. The minimum Gasteiger partial charge on any atom is -0.491 e. The first-order chi connectivity index (χ1) is 20.5. The fourth-order valence-electron chi connectivity index (χ4n) is 6.36. The molecule has 0 unspecified atom stereocenters. The molecule has 1 saturated heterocycles. The van der Waals surface area contributed by atoms with Gasteiger partial charge in [-0.1, -0.05) is 24.1 Å². The van der Waals surface area contributed by atoms with Crippen molar-refractivity contribution in [1.82, 2.24) is 14.9 Å². The van der Waals surface area contributed by atoms with E-state index in [1.54, 1.807) is 12.1 Å². The molecule has 0 atom stereocenters. The van der Waals surface area contributed by atoms with Crippen LogP contribution in [0.2, 0.25) is 5.02 Å². The van der Waals surface area contributed by atoms with Crippen molar-refractivity contribution in [1.29, 1.82) is 0 Å². The van der Waals surface area contributed by atoms with Crippen LogP contribution in [0, 0.1) is 17.2 Å². The smallest absolute Gasteiger partial charge is 0.248 e. The molecule has 2 aliphatic carbocycles. The molecule has 3 aromatic rings. The number of nitrogens with zero attached hydrogens (tertiary/aromatic N) is 3. The predicted molar refractivity (Wildman–Crippen MR) is 163 cm³/mol. The monoisotopic (exact) mass is 593 g/mol. The van der Waals surface area contributed by atoms with E-state index in [1.807, 2.05) is 18.2 Å². The Bertz CT molecular complexity index is 1450. The maximum Gasteiger partial charge on any atom is 0.248 e. The van der Waals surface area contributed by atoms with Gasteiger partial charge in [0.25, 0.3) is 0 Å². The molecule has 6 rings (SSSR count). The summed E-state index contributed by atoms with van der Waals surface area (Å²) in [6.07, 6.45) is 13.5. The lowest BCUT2D eigenvalue weighted by atomic mass is 9.51. The van der Waals surface area contributed by atoms with Crippen molar-refractivity contribution in [3.05, 3.63) is 59.7 Å². The maximum absolute atomic E-state index is 13.7. The normalized spacial score (nSPS) is 18.6. The fourth-order valence-corrected chi connectivity index (χ4v) is 6.55. The number of hydrogen-bond acceptors (Lipinski definition) is 7. The van der Waals surface area contributed by atoms with Crippen LogP contribution in [0.3, 0.4) is 0 Å². The molecular weight excluding hydrogens is 557 g/mol. The lowest BCUT2D eigenvalue weighted by Gasteiger charge is -2.54. The molecule has 222 valence electrons. The van der Waals surface area contributed by atoms with Gasteiger partial charge in [0.1, 0.15) is 23.7 Å². The minimum atomic E-state index is -0.497. The molecule has 3 fully saturated rings. The molecule has 1 aliphatic heterocycles. The summed E-state index contributed by atoms with van der Waals surface area (Å²) in [6, 6.07) is 8.02. The first-order valence-corrected chi connectivity index (χ1v) is 15.3. The second kappa shape index (κ2) is 12.9. The van der Waals surface area contributed by atoms with Crippen molar-refractivity contribution < 1.29 is 18.7 Å². The van der Waals surface area contributed by atoms with Crippen molar-refractivity contribution in [3.8, 4) is 5.75 Å². The van der Waals surface area contributed by atoms with Gasteiger partial charge in [0.05, 0.1) is 36.0 Å². The van der Waals surface area contributed by atoms with Crippen LogP contribution < -0.4 is 15.4 Å². The first-order valence-electron chi connectivity index (χ1n) is 14.9. The number of halogens is 2. The van der Waals surface area contributed by atoms with E-state index in [0.717, 1.165) is 45.7 Å². The molecule has 10 heteroatoms. The predicted octanol–water partition coefficient (Wildman–Crippen LogP) is 6.73. The number of anilines is 3. The van der Waals surface area contributed by atoms with Gasteiger partial charge < -0.3 is 20.1 Å². The standard InChI is InChI=1S/C32H37ClFN5O3/c33-25-16-23(6-7-26(25)34)37-31-24-17-28(38-30(40)5-1-4-22-19-32(20-22)8-2-9-32)29(18-27(24)35-21-36-31)42-13-3-10-39-11-14-41-15-12-39/h1,5-7,16-18,21-22H,2-4,8-15,19-20H2,(H,38,40)(H,35,36,37)/b5-1+. The van der Waals surface area contributed by atoms with E-state index in [1.165, 1.54) is 50.6 Å². The van der Waals surface area contributed by atoms with Crippen molar-refractivity contribution in [3.63, 3.8) is 0 Å². The second-order valence-electron chi connectivity index (χ2n) is 11.8. The van der Waals surface area contributed by atoms with E-state index in [4.69, 9.17) is 21.1 Å². The van der Waals surface area contributed by atoms with E-state index < -0.39 is 5.82 Å². The molecule has 2 N–H and O–H groups in total. The van der Waals surface area contributed by atoms with Gasteiger partial charge in [-0.25, -0.2) is 14.4 Å². The summed E-state index contributed by atoms with van der Waals surface area (Å²) in [4.78, 5) is 24.2. The van der Waals surface area contributed by atoms with Crippen LogP contribution in [0.4, 0.5) is 21.6 Å². The average molecular weight is 594 g/mol. The summed E-state index contributed by atoms with van der Waals surface area (Å²) in [7, 11) is 0. The highest BCUT2D eigenvalue weighted by molar-refractivity contribution is 6.31. The van der Waals surface area contributed by atoms with Crippen molar-refractivity contribution >= 4 is 45.6 Å². The third-order valence-corrected chi connectivity index (χ3v) is 9.04. The molecule has 1 aromatic heterocycles. The third-order valence-electron chi connectivity index (χ3n) is 8.75. The topological polar surface area (TPSA) is 88.6 Å². The molecule has 1 spiro atoms. The van der Waals surface area contributed by atoms with E-state index in [0.29, 0.717) is 51.8 Å². The van der Waals surface area contributed by atoms with Crippen molar-refractivity contribution in [2.24, 2.45) is 11.3 Å². The molecule has 3 aliphatic rings. The summed E-state index contributed by atoms with van der Waals surface area (Å²) in [5.74, 6) is 1.03. The Balaban J connectivity index is 1.17. The zero-order valence-corrected chi connectivity index (χ0v) is 24.5. The molecule has 42 heavy (non-hydrogen) atoms.